The molecule has 0 aliphatic carbocycles. The highest BCUT2D eigenvalue weighted by atomic mass is 32.1. The first-order chi connectivity index (χ1) is 13.3. The van der Waals surface area contributed by atoms with Crippen LogP contribution in [0.4, 0.5) is 0 Å². The molecule has 0 saturated carbocycles. The number of esters is 2. The van der Waals surface area contributed by atoms with Crippen LogP contribution in [-0.4, -0.2) is 31.1 Å². The van der Waals surface area contributed by atoms with Crippen molar-refractivity contribution in [1.29, 1.82) is 0 Å². The molecule has 1 aromatic carbocycles. The van der Waals surface area contributed by atoms with Crippen molar-refractivity contribution in [1.82, 2.24) is 10.3 Å². The molecule has 148 valence electrons. The first kappa shape index (κ1) is 20.1. The number of benzene rings is 1. The molecule has 3 unspecified atom stereocenters. The number of nitrogens with zero attached hydrogens (tertiary/aromatic N) is 1. The van der Waals surface area contributed by atoms with E-state index in [9.17, 15) is 9.59 Å². The maximum Gasteiger partial charge on any atom is 0.336 e. The number of carbonyl (C=O) groups excluding carboxylic acids is 2. The average molecular weight is 401 g/mol. The van der Waals surface area contributed by atoms with Gasteiger partial charge in [0, 0.05) is 22.7 Å². The Kier molecular flexibility index (Phi) is 5.56. The predicted molar refractivity (Wildman–Crippen MR) is 107 cm³/mol. The quantitative estimate of drug-likeness (QED) is 0.794. The fourth-order valence-corrected chi connectivity index (χ4v) is 4.91. The van der Waals surface area contributed by atoms with Gasteiger partial charge >= 0.3 is 11.9 Å². The Morgan fingerprint density at radius 2 is 1.82 bits per heavy atom. The Morgan fingerprint density at radius 1 is 1.14 bits per heavy atom. The molecule has 7 heteroatoms. The van der Waals surface area contributed by atoms with E-state index in [1.54, 1.807) is 0 Å². The number of nitrogens with one attached hydrogen (secondary N) is 1. The summed E-state index contributed by atoms with van der Waals surface area (Å²) < 4.78 is 10.2. The van der Waals surface area contributed by atoms with Crippen LogP contribution in [0.3, 0.4) is 0 Å². The molecule has 0 radical (unpaired) electrons. The van der Waals surface area contributed by atoms with E-state index in [-0.39, 0.29) is 0 Å². The van der Waals surface area contributed by atoms with Gasteiger partial charge in [-0.1, -0.05) is 30.3 Å². The standard InChI is InChI=1S/C21H24N2O4S/c1-12-11-28-20(22-12)21(3)17(19(25)27-5)16(14-9-7-6-8-10-14)15(13(2)23-21)18(24)26-4/h6-11,16-17,23H,1-5H3. The Bertz CT molecular complexity index is 921. The van der Waals surface area contributed by atoms with Crippen LogP contribution in [0.15, 0.2) is 47.0 Å². The van der Waals surface area contributed by atoms with Crippen molar-refractivity contribution in [3.05, 3.63) is 63.2 Å². The molecule has 0 bridgehead atoms. The van der Waals surface area contributed by atoms with Crippen LogP contribution < -0.4 is 5.32 Å². The number of methoxy groups -OCH3 is 2. The lowest BCUT2D eigenvalue weighted by Gasteiger charge is -2.45. The summed E-state index contributed by atoms with van der Waals surface area (Å²) in [6.45, 7) is 5.67. The highest BCUT2D eigenvalue weighted by molar-refractivity contribution is 7.09. The van der Waals surface area contributed by atoms with Gasteiger partial charge in [-0.25, -0.2) is 9.78 Å². The van der Waals surface area contributed by atoms with Crippen molar-refractivity contribution in [2.24, 2.45) is 5.92 Å². The van der Waals surface area contributed by atoms with Crippen molar-refractivity contribution >= 4 is 23.3 Å². The summed E-state index contributed by atoms with van der Waals surface area (Å²) in [5.74, 6) is -2.12. The lowest BCUT2D eigenvalue weighted by atomic mass is 9.67. The highest BCUT2D eigenvalue weighted by Crippen LogP contribution is 2.49. The number of rotatable bonds is 4. The van der Waals surface area contributed by atoms with E-state index in [4.69, 9.17) is 9.47 Å². The van der Waals surface area contributed by atoms with E-state index in [2.05, 4.69) is 10.3 Å². The number of aromatic nitrogens is 1. The SMILES string of the molecule is COC(=O)C1=C(C)NC(C)(c2nc(C)cs2)C(C(=O)OC)C1c1ccccc1. The van der Waals surface area contributed by atoms with Gasteiger partial charge in [-0.15, -0.1) is 11.3 Å². The number of allylic oxidation sites excluding steroid dienone is 1. The zero-order valence-electron chi connectivity index (χ0n) is 16.6. The van der Waals surface area contributed by atoms with Crippen molar-refractivity contribution in [2.75, 3.05) is 14.2 Å². The molecule has 1 aliphatic rings. The lowest BCUT2D eigenvalue weighted by molar-refractivity contribution is -0.150. The summed E-state index contributed by atoms with van der Waals surface area (Å²) in [6.07, 6.45) is 0. The fraction of sp³-hybridized carbons (Fsp3) is 0.381. The number of carbonyl (C=O) groups is 2. The molecule has 0 fully saturated rings. The van der Waals surface area contributed by atoms with Gasteiger partial charge in [0.15, 0.2) is 0 Å². The maximum atomic E-state index is 13.0. The molecular weight excluding hydrogens is 376 g/mol. The average Bonchev–Trinajstić information content (AvgIpc) is 3.14. The third-order valence-electron chi connectivity index (χ3n) is 5.20. The van der Waals surface area contributed by atoms with E-state index in [0.29, 0.717) is 11.3 Å². The van der Waals surface area contributed by atoms with E-state index >= 15 is 0 Å². The molecule has 2 heterocycles. The number of ether oxygens (including phenoxy) is 2. The molecule has 1 aromatic heterocycles. The van der Waals surface area contributed by atoms with Crippen LogP contribution in [0.25, 0.3) is 0 Å². The van der Waals surface area contributed by atoms with Crippen molar-refractivity contribution in [3.8, 4) is 0 Å². The maximum absolute atomic E-state index is 13.0. The van der Waals surface area contributed by atoms with Gasteiger partial charge in [-0.05, 0) is 26.3 Å². The fourth-order valence-electron chi connectivity index (χ4n) is 3.96. The Labute approximate surface area is 168 Å². The predicted octanol–water partition coefficient (Wildman–Crippen LogP) is 3.29. The monoisotopic (exact) mass is 400 g/mol. The molecule has 3 atom stereocenters. The molecule has 28 heavy (non-hydrogen) atoms. The number of thiazole rings is 1. The first-order valence-electron chi connectivity index (χ1n) is 8.96. The van der Waals surface area contributed by atoms with E-state index < -0.39 is 29.3 Å². The Hall–Kier alpha value is -2.67. The Morgan fingerprint density at radius 3 is 2.36 bits per heavy atom. The molecule has 0 spiro atoms. The molecule has 1 N–H and O–H groups in total. The minimum atomic E-state index is -0.839. The summed E-state index contributed by atoms with van der Waals surface area (Å²) in [7, 11) is 2.71. The van der Waals surface area contributed by atoms with Crippen LogP contribution in [0.2, 0.25) is 0 Å². The first-order valence-corrected chi connectivity index (χ1v) is 9.84. The summed E-state index contributed by atoms with van der Waals surface area (Å²) in [4.78, 5) is 30.4. The molecule has 1 aliphatic heterocycles. The molecule has 0 saturated heterocycles. The van der Waals surface area contributed by atoms with Gasteiger partial charge in [0.05, 0.1) is 25.7 Å². The van der Waals surface area contributed by atoms with Crippen LogP contribution >= 0.6 is 11.3 Å². The van der Waals surface area contributed by atoms with E-state index in [1.807, 2.05) is 56.5 Å². The molecule has 3 rings (SSSR count). The number of aryl methyl sites for hydroxylation is 1. The van der Waals surface area contributed by atoms with Crippen molar-refractivity contribution in [3.63, 3.8) is 0 Å². The normalized spacial score (nSPS) is 24.5. The van der Waals surface area contributed by atoms with Crippen molar-refractivity contribution in [2.45, 2.75) is 32.2 Å². The van der Waals surface area contributed by atoms with Crippen LogP contribution in [0.1, 0.15) is 36.0 Å². The summed E-state index contributed by atoms with van der Waals surface area (Å²) >= 11 is 1.48. The van der Waals surface area contributed by atoms with E-state index in [0.717, 1.165) is 16.3 Å². The minimum absolute atomic E-state index is 0.411. The van der Waals surface area contributed by atoms with Gasteiger partial charge in [0.25, 0.3) is 0 Å². The van der Waals surface area contributed by atoms with Crippen LogP contribution in [0.5, 0.6) is 0 Å². The van der Waals surface area contributed by atoms with Gasteiger partial charge in [-0.2, -0.15) is 0 Å². The smallest absolute Gasteiger partial charge is 0.336 e. The number of hydrogen-bond acceptors (Lipinski definition) is 7. The molecular formula is C21H24N2O4S. The second-order valence-corrected chi connectivity index (χ2v) is 7.90. The van der Waals surface area contributed by atoms with Crippen molar-refractivity contribution < 1.29 is 19.1 Å². The molecule has 2 aromatic rings. The summed E-state index contributed by atoms with van der Waals surface area (Å²) in [6, 6.07) is 9.50. The highest BCUT2D eigenvalue weighted by Gasteiger charge is 2.54. The topological polar surface area (TPSA) is 77.5 Å². The van der Waals surface area contributed by atoms with Gasteiger partial charge < -0.3 is 14.8 Å². The minimum Gasteiger partial charge on any atom is -0.469 e. The largest absolute Gasteiger partial charge is 0.469 e. The van der Waals surface area contributed by atoms with Crippen LogP contribution in [-0.2, 0) is 24.6 Å². The number of hydrogen-bond donors (Lipinski definition) is 1. The lowest BCUT2D eigenvalue weighted by Crippen LogP contribution is -2.55. The second-order valence-electron chi connectivity index (χ2n) is 7.04. The van der Waals surface area contributed by atoms with Gasteiger partial charge in [0.2, 0.25) is 0 Å². The summed E-state index contributed by atoms with van der Waals surface area (Å²) in [5, 5.41) is 6.09. The Balaban J connectivity index is 2.29. The molecule has 6 nitrogen and oxygen atoms in total. The summed E-state index contributed by atoms with van der Waals surface area (Å²) in [5.41, 5.74) is 1.97. The van der Waals surface area contributed by atoms with E-state index in [1.165, 1.54) is 25.6 Å². The molecule has 0 amide bonds. The zero-order chi connectivity index (χ0) is 20.5. The second kappa shape index (κ2) is 7.75. The van der Waals surface area contributed by atoms with Gasteiger partial charge in [0.1, 0.15) is 10.5 Å². The third-order valence-corrected chi connectivity index (χ3v) is 6.40. The zero-order valence-corrected chi connectivity index (χ0v) is 17.4. The van der Waals surface area contributed by atoms with Crippen LogP contribution in [0, 0.1) is 12.8 Å². The third kappa shape index (κ3) is 3.30. The van der Waals surface area contributed by atoms with Gasteiger partial charge in [-0.3, -0.25) is 4.79 Å².